The molecular weight excluding hydrogens is 380 g/mol. The molecule has 0 saturated heterocycles. The third kappa shape index (κ3) is 4.13. The van der Waals surface area contributed by atoms with Crippen LogP contribution in [-0.4, -0.2) is 18.1 Å². The fourth-order valence-corrected chi connectivity index (χ4v) is 4.20. The average Bonchev–Trinajstić information content (AvgIpc) is 2.96. The zero-order valence-corrected chi connectivity index (χ0v) is 14.2. The van der Waals surface area contributed by atoms with Crippen LogP contribution >= 0.6 is 11.3 Å². The van der Waals surface area contributed by atoms with Crippen LogP contribution in [-0.2, 0) is 6.18 Å². The van der Waals surface area contributed by atoms with Crippen LogP contribution in [0.2, 0.25) is 0 Å². The van der Waals surface area contributed by atoms with Crippen molar-refractivity contribution in [3.63, 3.8) is 0 Å². The van der Waals surface area contributed by atoms with Gasteiger partial charge in [-0.05, 0) is 42.8 Å². The number of carbonyl (C=O) groups excluding carboxylic acids is 1. The third-order valence-corrected chi connectivity index (χ3v) is 5.64. The highest BCUT2D eigenvalue weighted by Crippen LogP contribution is 2.38. The predicted octanol–water partition coefficient (Wildman–Crippen LogP) is 5.77. The lowest BCUT2D eigenvalue weighted by atomic mass is 9.85. The van der Waals surface area contributed by atoms with Crippen LogP contribution in [0.25, 0.3) is 10.1 Å². The number of hydrogen-bond acceptors (Lipinski definition) is 2. The number of nitrogens with one attached hydrogen (secondary N) is 1. The summed E-state index contributed by atoms with van der Waals surface area (Å²) in [6.07, 6.45) is -8.04. The van der Waals surface area contributed by atoms with E-state index in [1.54, 1.807) is 0 Å². The lowest BCUT2D eigenvalue weighted by molar-refractivity contribution is -0.183. The van der Waals surface area contributed by atoms with E-state index in [4.69, 9.17) is 0 Å². The van der Waals surface area contributed by atoms with E-state index in [2.05, 4.69) is 5.32 Å². The van der Waals surface area contributed by atoms with Crippen molar-refractivity contribution in [3.05, 3.63) is 34.7 Å². The number of fused-ring (bicyclic) bond motifs is 1. The Bertz CT molecular complexity index is 810. The van der Waals surface area contributed by atoms with E-state index in [0.29, 0.717) is 22.9 Å². The molecule has 1 heterocycles. The Hall–Kier alpha value is -1.77. The summed E-state index contributed by atoms with van der Waals surface area (Å²) >= 11 is 0.896. The number of carbonyl (C=O) groups is 1. The molecule has 2 aromatic rings. The van der Waals surface area contributed by atoms with Crippen LogP contribution in [0.3, 0.4) is 0 Å². The Balaban J connectivity index is 1.73. The maximum atomic E-state index is 12.8. The quantitative estimate of drug-likeness (QED) is 0.643. The van der Waals surface area contributed by atoms with E-state index < -0.39 is 35.8 Å². The van der Waals surface area contributed by atoms with Crippen LogP contribution in [0, 0.1) is 5.92 Å². The molecule has 1 saturated carbocycles. The van der Waals surface area contributed by atoms with Gasteiger partial charge in [0.05, 0.1) is 16.4 Å². The van der Waals surface area contributed by atoms with Crippen molar-refractivity contribution < 1.29 is 31.1 Å². The fourth-order valence-electron chi connectivity index (χ4n) is 3.19. The monoisotopic (exact) mass is 395 g/mol. The van der Waals surface area contributed by atoms with Gasteiger partial charge < -0.3 is 5.32 Å². The highest BCUT2D eigenvalue weighted by Gasteiger charge is 2.42. The number of halogens is 6. The molecule has 0 radical (unpaired) electrons. The van der Waals surface area contributed by atoms with Gasteiger partial charge in [-0.2, -0.15) is 26.3 Å². The van der Waals surface area contributed by atoms with Gasteiger partial charge in [-0.15, -0.1) is 11.3 Å². The highest BCUT2D eigenvalue weighted by atomic mass is 32.1. The third-order valence-electron chi connectivity index (χ3n) is 4.54. The summed E-state index contributed by atoms with van der Waals surface area (Å²) in [5.74, 6) is -1.98. The van der Waals surface area contributed by atoms with E-state index in [9.17, 15) is 31.1 Å². The molecule has 1 fully saturated rings. The second kappa shape index (κ2) is 6.75. The average molecular weight is 395 g/mol. The molecule has 1 amide bonds. The molecule has 3 rings (SSSR count). The van der Waals surface area contributed by atoms with Crippen molar-refractivity contribution in [2.75, 3.05) is 0 Å². The summed E-state index contributed by atoms with van der Waals surface area (Å²) in [6.45, 7) is 0. The number of thiophene rings is 1. The van der Waals surface area contributed by atoms with Gasteiger partial charge in [-0.1, -0.05) is 12.5 Å². The number of amides is 1. The van der Waals surface area contributed by atoms with Crippen LogP contribution < -0.4 is 5.32 Å². The van der Waals surface area contributed by atoms with Crippen LogP contribution in [0.15, 0.2) is 24.3 Å². The second-order valence-electron chi connectivity index (χ2n) is 6.44. The van der Waals surface area contributed by atoms with Gasteiger partial charge in [0.2, 0.25) is 0 Å². The lowest BCUT2D eigenvalue weighted by Gasteiger charge is -2.30. The normalized spacial score (nSPS) is 21.8. The molecule has 9 heteroatoms. The molecule has 2 nitrogen and oxygen atoms in total. The largest absolute Gasteiger partial charge is 0.416 e. The van der Waals surface area contributed by atoms with Crippen LogP contribution in [0.1, 0.15) is 40.9 Å². The molecule has 1 N–H and O–H groups in total. The summed E-state index contributed by atoms with van der Waals surface area (Å²) in [6, 6.07) is 4.06. The van der Waals surface area contributed by atoms with Crippen molar-refractivity contribution >= 4 is 27.3 Å². The zero-order chi connectivity index (χ0) is 19.1. The number of rotatable bonds is 2. The first kappa shape index (κ1) is 19.0. The Morgan fingerprint density at radius 2 is 1.81 bits per heavy atom. The van der Waals surface area contributed by atoms with E-state index >= 15 is 0 Å². The van der Waals surface area contributed by atoms with Crippen LogP contribution in [0.4, 0.5) is 26.3 Å². The first-order valence-corrected chi connectivity index (χ1v) is 8.84. The van der Waals surface area contributed by atoms with E-state index in [1.807, 2.05) is 0 Å². The highest BCUT2D eigenvalue weighted by molar-refractivity contribution is 7.20. The van der Waals surface area contributed by atoms with Gasteiger partial charge in [-0.3, -0.25) is 4.79 Å². The second-order valence-corrected chi connectivity index (χ2v) is 7.52. The molecule has 0 aliphatic heterocycles. The molecule has 0 bridgehead atoms. The van der Waals surface area contributed by atoms with Crippen molar-refractivity contribution in [2.45, 2.75) is 44.1 Å². The Kier molecular flexibility index (Phi) is 4.94. The summed E-state index contributed by atoms with van der Waals surface area (Å²) < 4.78 is 77.1. The molecule has 1 aliphatic rings. The minimum absolute atomic E-state index is 0.0545. The fraction of sp³-hybridized carbons (Fsp3) is 0.471. The summed E-state index contributed by atoms with van der Waals surface area (Å²) in [5.41, 5.74) is -0.806. The molecule has 142 valence electrons. The van der Waals surface area contributed by atoms with Gasteiger partial charge >= 0.3 is 12.4 Å². The summed E-state index contributed by atoms with van der Waals surface area (Å²) in [7, 11) is 0. The Morgan fingerprint density at radius 3 is 2.46 bits per heavy atom. The summed E-state index contributed by atoms with van der Waals surface area (Å²) in [5, 5.41) is 3.08. The lowest BCUT2D eigenvalue weighted by Crippen LogP contribution is -2.41. The van der Waals surface area contributed by atoms with Gasteiger partial charge in [-0.25, -0.2) is 0 Å². The van der Waals surface area contributed by atoms with E-state index in [1.165, 1.54) is 12.1 Å². The Labute approximate surface area is 149 Å². The molecule has 2 atom stereocenters. The maximum Gasteiger partial charge on any atom is 0.416 e. The first-order chi connectivity index (χ1) is 12.0. The number of alkyl halides is 6. The SMILES string of the molecule is O=C(NC1CCCC(C(F)(F)F)C1)c1cc2ccc(C(F)(F)F)cc2s1. The zero-order valence-electron chi connectivity index (χ0n) is 13.4. The molecule has 1 aromatic heterocycles. The minimum Gasteiger partial charge on any atom is -0.349 e. The Morgan fingerprint density at radius 1 is 1.08 bits per heavy atom. The van der Waals surface area contributed by atoms with Crippen molar-refractivity contribution in [2.24, 2.45) is 5.92 Å². The van der Waals surface area contributed by atoms with Crippen molar-refractivity contribution in [1.82, 2.24) is 5.32 Å². The van der Waals surface area contributed by atoms with Crippen molar-refractivity contribution in [1.29, 1.82) is 0 Å². The molecular formula is C17H15F6NOS. The maximum absolute atomic E-state index is 12.8. The summed E-state index contributed by atoms with van der Waals surface area (Å²) in [4.78, 5) is 12.5. The van der Waals surface area contributed by atoms with E-state index in [0.717, 1.165) is 23.5 Å². The number of benzene rings is 1. The number of hydrogen-bond donors (Lipinski definition) is 1. The van der Waals surface area contributed by atoms with E-state index in [-0.39, 0.29) is 17.7 Å². The van der Waals surface area contributed by atoms with Crippen molar-refractivity contribution in [3.8, 4) is 0 Å². The topological polar surface area (TPSA) is 29.1 Å². The molecule has 2 unspecified atom stereocenters. The van der Waals surface area contributed by atoms with Gasteiger partial charge in [0.25, 0.3) is 5.91 Å². The van der Waals surface area contributed by atoms with Crippen LogP contribution in [0.5, 0.6) is 0 Å². The smallest absolute Gasteiger partial charge is 0.349 e. The molecule has 1 aromatic carbocycles. The predicted molar refractivity (Wildman–Crippen MR) is 86.1 cm³/mol. The van der Waals surface area contributed by atoms with Gasteiger partial charge in [0, 0.05) is 10.7 Å². The molecule has 26 heavy (non-hydrogen) atoms. The molecule has 0 spiro atoms. The van der Waals surface area contributed by atoms with Gasteiger partial charge in [0.15, 0.2) is 0 Å². The van der Waals surface area contributed by atoms with Gasteiger partial charge in [0.1, 0.15) is 0 Å². The first-order valence-electron chi connectivity index (χ1n) is 8.02. The minimum atomic E-state index is -4.48. The standard InChI is InChI=1S/C17H15F6NOS/c18-16(19,20)10-2-1-3-12(7-10)24-15(25)14-6-9-4-5-11(17(21,22)23)8-13(9)26-14/h4-6,8,10,12H,1-3,7H2,(H,24,25). The molecule has 1 aliphatic carbocycles.